The molecule has 0 aliphatic carbocycles. The van der Waals surface area contributed by atoms with Crippen molar-refractivity contribution in [3.05, 3.63) is 0 Å². The van der Waals surface area contributed by atoms with Gasteiger partial charge in [0.1, 0.15) is 24.4 Å². The lowest BCUT2D eigenvalue weighted by atomic mass is 10.00. The molecule has 10 nitrogen and oxygen atoms in total. The largest absolute Gasteiger partial charge is 0.499 e. The monoisotopic (exact) mass is 276 g/mol. The molecule has 1 aliphatic heterocycles. The fraction of sp³-hybridized carbons (Fsp3) is 1.00. The molecule has 0 radical (unpaired) electrons. The maximum Gasteiger partial charge on any atom is 0.499 e. The molecule has 6 N–H and O–H groups in total. The van der Waals surface area contributed by atoms with Crippen LogP contribution in [0.3, 0.4) is 0 Å². The van der Waals surface area contributed by atoms with E-state index in [0.717, 1.165) is 0 Å². The fourth-order valence-corrected chi connectivity index (χ4v) is 1.64. The maximum atomic E-state index is 10.7. The van der Waals surface area contributed by atoms with Crippen molar-refractivity contribution in [1.29, 1.82) is 0 Å². The average molecular weight is 276 g/mol. The Morgan fingerprint density at radius 2 is 1.71 bits per heavy atom. The quantitative estimate of drug-likeness (QED) is 0.182. The van der Waals surface area contributed by atoms with Crippen LogP contribution in [0.5, 0.6) is 0 Å². The highest BCUT2D eigenvalue weighted by Crippen LogP contribution is 2.42. The molecule has 6 atom stereocenters. The molecule has 0 amide bonds. The molecule has 1 fully saturated rings. The summed E-state index contributed by atoms with van der Waals surface area (Å²) in [6.07, 6.45) is -8.22. The van der Waals surface area contributed by atoms with Gasteiger partial charge in [-0.2, -0.15) is 0 Å². The first-order chi connectivity index (χ1) is 7.78. The van der Waals surface area contributed by atoms with E-state index in [1.54, 1.807) is 0 Å². The maximum absolute atomic E-state index is 10.7. The summed E-state index contributed by atoms with van der Waals surface area (Å²) in [5, 5.41) is 44.8. The van der Waals surface area contributed by atoms with Crippen LogP contribution in [0.2, 0.25) is 0 Å². The Morgan fingerprint density at radius 3 is 2.24 bits per heavy atom. The van der Waals surface area contributed by atoms with Gasteiger partial charge in [-0.25, -0.2) is 9.82 Å². The highest BCUT2D eigenvalue weighted by Gasteiger charge is 2.43. The van der Waals surface area contributed by atoms with Gasteiger partial charge in [0.25, 0.3) is 0 Å². The lowest BCUT2D eigenvalue weighted by Gasteiger charge is -2.38. The zero-order valence-electron chi connectivity index (χ0n) is 8.36. The lowest BCUT2D eigenvalue weighted by Crippen LogP contribution is -2.58. The third kappa shape index (κ3) is 3.66. The molecule has 0 aromatic carbocycles. The van der Waals surface area contributed by atoms with Crippen LogP contribution in [-0.2, 0) is 18.5 Å². The molecule has 1 saturated heterocycles. The van der Waals surface area contributed by atoms with Gasteiger partial charge < -0.3 is 30.1 Å². The Bertz CT molecular complexity index is 297. The number of aliphatic hydroxyl groups excluding tert-OH is 4. The van der Waals surface area contributed by atoms with E-state index in [0.29, 0.717) is 0 Å². The van der Waals surface area contributed by atoms with E-state index in [2.05, 4.69) is 13.9 Å². The summed E-state index contributed by atoms with van der Waals surface area (Å²) in [6, 6.07) is 0. The van der Waals surface area contributed by atoms with Gasteiger partial charge in [-0.15, -0.1) is 4.67 Å². The number of rotatable bonds is 4. The van der Waals surface area contributed by atoms with Gasteiger partial charge >= 0.3 is 7.82 Å². The van der Waals surface area contributed by atoms with Gasteiger partial charge in [0.15, 0.2) is 6.29 Å². The average Bonchev–Trinajstić information content (AvgIpc) is 2.29. The van der Waals surface area contributed by atoms with Crippen molar-refractivity contribution in [2.45, 2.75) is 30.7 Å². The second kappa shape index (κ2) is 5.67. The van der Waals surface area contributed by atoms with Crippen LogP contribution in [0, 0.1) is 0 Å². The summed E-state index contributed by atoms with van der Waals surface area (Å²) >= 11 is 0. The Labute approximate surface area is 95.1 Å². The van der Waals surface area contributed by atoms with Crippen LogP contribution >= 0.6 is 7.82 Å². The van der Waals surface area contributed by atoms with Crippen molar-refractivity contribution in [1.82, 2.24) is 0 Å². The van der Waals surface area contributed by atoms with Crippen molar-refractivity contribution in [3.63, 3.8) is 0 Å². The first kappa shape index (κ1) is 14.9. The Kier molecular flexibility index (Phi) is 4.98. The summed E-state index contributed by atoms with van der Waals surface area (Å²) < 4.78 is 22.6. The number of ether oxygens (including phenoxy) is 1. The number of hydrogen-bond acceptors (Lipinski definition) is 9. The van der Waals surface area contributed by atoms with E-state index in [4.69, 9.17) is 20.4 Å². The number of phosphoric ester groups is 1. The highest BCUT2D eigenvalue weighted by atomic mass is 31.2. The molecular formula is C6H13O10P. The Hall–Kier alpha value is -0.130. The lowest BCUT2D eigenvalue weighted by molar-refractivity contribution is -0.286. The van der Waals surface area contributed by atoms with E-state index in [1.807, 2.05) is 0 Å². The van der Waals surface area contributed by atoms with E-state index >= 15 is 0 Å². The standard InChI is InChI=1S/C6H13O10P/c7-3-2(1-14-17(12,13)16-11)15-6(10)5(9)4(3)8/h2-11H,1H2,(H,12,13)/t2-,3-,4+,5-,6+/m1/s1. The van der Waals surface area contributed by atoms with Gasteiger partial charge in [-0.1, -0.05) is 0 Å². The molecule has 1 unspecified atom stereocenters. The summed E-state index contributed by atoms with van der Waals surface area (Å²) in [4.78, 5) is 8.67. The fourth-order valence-electron chi connectivity index (χ4n) is 1.26. The predicted octanol–water partition coefficient (Wildman–Crippen LogP) is -2.61. The molecule has 17 heavy (non-hydrogen) atoms. The van der Waals surface area contributed by atoms with Crippen molar-refractivity contribution in [2.24, 2.45) is 0 Å². The number of aliphatic hydroxyl groups is 4. The van der Waals surface area contributed by atoms with Crippen LogP contribution in [0.1, 0.15) is 0 Å². The van der Waals surface area contributed by atoms with E-state index in [-0.39, 0.29) is 0 Å². The molecule has 102 valence electrons. The summed E-state index contributed by atoms with van der Waals surface area (Å²) in [5.41, 5.74) is 0. The zero-order chi connectivity index (χ0) is 13.2. The van der Waals surface area contributed by atoms with Crippen LogP contribution in [0.25, 0.3) is 0 Å². The Morgan fingerprint density at radius 1 is 1.12 bits per heavy atom. The predicted molar refractivity (Wildman–Crippen MR) is 48.4 cm³/mol. The second-order valence-electron chi connectivity index (χ2n) is 3.38. The minimum Gasteiger partial charge on any atom is -0.387 e. The van der Waals surface area contributed by atoms with Crippen LogP contribution < -0.4 is 0 Å². The summed E-state index contributed by atoms with van der Waals surface area (Å²) in [6.45, 7) is -0.754. The molecule has 0 aromatic heterocycles. The molecule has 0 saturated carbocycles. The molecule has 0 bridgehead atoms. The van der Waals surface area contributed by atoms with E-state index in [1.165, 1.54) is 0 Å². The minimum atomic E-state index is -4.68. The minimum absolute atomic E-state index is 0.754. The molecule has 0 spiro atoms. The smallest absolute Gasteiger partial charge is 0.387 e. The van der Waals surface area contributed by atoms with Crippen LogP contribution in [-0.4, -0.2) is 67.9 Å². The summed E-state index contributed by atoms with van der Waals surface area (Å²) in [7, 11) is -4.68. The van der Waals surface area contributed by atoms with Gasteiger partial charge in [-0.05, 0) is 0 Å². The number of hydrogen-bond donors (Lipinski definition) is 6. The molecule has 1 rings (SSSR count). The van der Waals surface area contributed by atoms with Crippen LogP contribution in [0.4, 0.5) is 0 Å². The summed E-state index contributed by atoms with van der Waals surface area (Å²) in [5.74, 6) is 0. The highest BCUT2D eigenvalue weighted by molar-refractivity contribution is 7.47. The van der Waals surface area contributed by atoms with Crippen molar-refractivity contribution >= 4 is 7.82 Å². The zero-order valence-corrected chi connectivity index (χ0v) is 9.25. The Balaban J connectivity index is 2.57. The van der Waals surface area contributed by atoms with Gasteiger partial charge in [0.2, 0.25) is 0 Å². The molecule has 1 aliphatic rings. The molecule has 11 heteroatoms. The topological polar surface area (TPSA) is 166 Å². The molecule has 1 heterocycles. The number of phosphoric acid groups is 1. The first-order valence-electron chi connectivity index (χ1n) is 4.46. The van der Waals surface area contributed by atoms with Gasteiger partial charge in [-0.3, -0.25) is 4.52 Å². The van der Waals surface area contributed by atoms with E-state index in [9.17, 15) is 14.8 Å². The third-order valence-corrected chi connectivity index (χ3v) is 2.87. The van der Waals surface area contributed by atoms with Crippen molar-refractivity contribution < 1.29 is 49.1 Å². The van der Waals surface area contributed by atoms with Gasteiger partial charge in [0, 0.05) is 0 Å². The van der Waals surface area contributed by atoms with Crippen LogP contribution in [0.15, 0.2) is 0 Å². The first-order valence-corrected chi connectivity index (χ1v) is 5.96. The molecular weight excluding hydrogens is 263 g/mol. The second-order valence-corrected chi connectivity index (χ2v) is 4.74. The van der Waals surface area contributed by atoms with E-state index < -0.39 is 45.1 Å². The molecule has 0 aromatic rings. The normalized spacial score (nSPS) is 42.1. The SMILES string of the molecule is O=P(O)(OO)OC[C@H]1O[C@H](O)[C@H](O)[C@@H](O)[C@@H]1O. The third-order valence-electron chi connectivity index (χ3n) is 2.19. The van der Waals surface area contributed by atoms with Crippen molar-refractivity contribution in [2.75, 3.05) is 6.61 Å². The van der Waals surface area contributed by atoms with Gasteiger partial charge in [0.05, 0.1) is 6.61 Å². The van der Waals surface area contributed by atoms with Crippen molar-refractivity contribution in [3.8, 4) is 0 Å².